The lowest BCUT2D eigenvalue weighted by Gasteiger charge is -2.17. The van der Waals surface area contributed by atoms with Gasteiger partial charge in [0, 0.05) is 39.0 Å². The molecule has 0 aliphatic heterocycles. The highest BCUT2D eigenvalue weighted by Gasteiger charge is 2.13. The van der Waals surface area contributed by atoms with Crippen LogP contribution in [0.2, 0.25) is 10.0 Å². The largest absolute Gasteiger partial charge is 0.490 e. The SMILES string of the molecule is CCOc1cccc(CNc2ccc(-c3nc4ccc(C)cc4s3)cc2)c1OCc1ccc(Cl)cc1Cl. The Hall–Kier alpha value is -3.25. The number of aryl methyl sites for hydroxylation is 1. The minimum atomic E-state index is 0.309. The van der Waals surface area contributed by atoms with Crippen LogP contribution in [0.15, 0.2) is 78.9 Å². The van der Waals surface area contributed by atoms with Crippen molar-refractivity contribution in [3.05, 3.63) is 106 Å². The van der Waals surface area contributed by atoms with Gasteiger partial charge in [-0.1, -0.05) is 47.5 Å². The van der Waals surface area contributed by atoms with Gasteiger partial charge in [0.2, 0.25) is 0 Å². The zero-order valence-corrected chi connectivity index (χ0v) is 22.9. The standard InChI is InChI=1S/C30H26Cl2N2O2S/c1-3-35-27-6-4-5-21(29(27)36-18-22-8-11-23(31)16-25(22)32)17-33-24-12-9-20(10-13-24)30-34-26-14-7-19(2)15-28(26)37-30/h4-16,33H,3,17-18H2,1-2H3. The average molecular weight is 550 g/mol. The van der Waals surface area contributed by atoms with Crippen molar-refractivity contribution in [1.82, 2.24) is 4.98 Å². The first-order chi connectivity index (χ1) is 18.0. The Kier molecular flexibility index (Phi) is 7.85. The van der Waals surface area contributed by atoms with Crippen molar-refractivity contribution >= 4 is 50.4 Å². The number of aromatic nitrogens is 1. The molecule has 7 heteroatoms. The maximum absolute atomic E-state index is 6.35. The Bertz CT molecular complexity index is 1530. The number of rotatable bonds is 9. The Labute approximate surface area is 230 Å². The molecule has 4 nitrogen and oxygen atoms in total. The predicted octanol–water partition coefficient (Wildman–Crippen LogP) is 9.17. The maximum atomic E-state index is 6.35. The van der Waals surface area contributed by atoms with Crippen molar-refractivity contribution < 1.29 is 9.47 Å². The summed E-state index contributed by atoms with van der Waals surface area (Å²) in [6.07, 6.45) is 0. The van der Waals surface area contributed by atoms with Gasteiger partial charge in [-0.25, -0.2) is 4.98 Å². The number of hydrogen-bond acceptors (Lipinski definition) is 5. The number of nitrogens with one attached hydrogen (secondary N) is 1. The molecule has 1 N–H and O–H groups in total. The van der Waals surface area contributed by atoms with Gasteiger partial charge in [-0.2, -0.15) is 0 Å². The monoisotopic (exact) mass is 548 g/mol. The third-order valence-electron chi connectivity index (χ3n) is 5.91. The molecule has 4 aromatic carbocycles. The van der Waals surface area contributed by atoms with Crippen LogP contribution in [0, 0.1) is 6.92 Å². The van der Waals surface area contributed by atoms with E-state index in [1.165, 1.54) is 10.3 Å². The van der Waals surface area contributed by atoms with Crippen LogP contribution in [0.1, 0.15) is 23.6 Å². The molecule has 0 radical (unpaired) electrons. The molecule has 1 aromatic heterocycles. The normalized spacial score (nSPS) is 11.0. The number of fused-ring (bicyclic) bond motifs is 1. The molecule has 0 aliphatic carbocycles. The predicted molar refractivity (Wildman–Crippen MR) is 156 cm³/mol. The zero-order valence-electron chi connectivity index (χ0n) is 20.6. The molecule has 0 bridgehead atoms. The molecule has 0 aliphatic rings. The van der Waals surface area contributed by atoms with E-state index in [1.807, 2.05) is 37.3 Å². The van der Waals surface area contributed by atoms with E-state index in [2.05, 4.69) is 54.7 Å². The van der Waals surface area contributed by atoms with E-state index < -0.39 is 0 Å². The second-order valence-corrected chi connectivity index (χ2v) is 10.5. The van der Waals surface area contributed by atoms with E-state index in [1.54, 1.807) is 17.4 Å². The highest BCUT2D eigenvalue weighted by molar-refractivity contribution is 7.21. The summed E-state index contributed by atoms with van der Waals surface area (Å²) in [5.41, 5.74) is 6.24. The van der Waals surface area contributed by atoms with Gasteiger partial charge in [0.05, 0.1) is 16.8 Å². The van der Waals surface area contributed by atoms with Gasteiger partial charge in [-0.15, -0.1) is 11.3 Å². The molecule has 0 fully saturated rings. The van der Waals surface area contributed by atoms with Crippen LogP contribution in [0.5, 0.6) is 11.5 Å². The number of para-hydroxylation sites is 1. The molecule has 1 heterocycles. The molecular weight excluding hydrogens is 523 g/mol. The molecular formula is C30H26Cl2N2O2S. The van der Waals surface area contributed by atoms with Crippen molar-refractivity contribution in [2.24, 2.45) is 0 Å². The highest BCUT2D eigenvalue weighted by atomic mass is 35.5. The van der Waals surface area contributed by atoms with Crippen LogP contribution >= 0.6 is 34.5 Å². The second kappa shape index (κ2) is 11.4. The van der Waals surface area contributed by atoms with Crippen molar-refractivity contribution in [2.75, 3.05) is 11.9 Å². The van der Waals surface area contributed by atoms with Crippen LogP contribution in [0.4, 0.5) is 5.69 Å². The van der Waals surface area contributed by atoms with Crippen molar-refractivity contribution in [2.45, 2.75) is 27.0 Å². The first-order valence-corrected chi connectivity index (χ1v) is 13.6. The number of halogens is 2. The van der Waals surface area contributed by atoms with E-state index >= 15 is 0 Å². The lowest BCUT2D eigenvalue weighted by Crippen LogP contribution is -2.06. The van der Waals surface area contributed by atoms with Crippen molar-refractivity contribution in [3.63, 3.8) is 0 Å². The van der Waals surface area contributed by atoms with Gasteiger partial charge < -0.3 is 14.8 Å². The van der Waals surface area contributed by atoms with Crippen LogP contribution in [0.25, 0.3) is 20.8 Å². The average Bonchev–Trinajstić information content (AvgIpc) is 3.31. The lowest BCUT2D eigenvalue weighted by molar-refractivity contribution is 0.267. The topological polar surface area (TPSA) is 43.4 Å². The maximum Gasteiger partial charge on any atom is 0.166 e. The molecule has 37 heavy (non-hydrogen) atoms. The molecule has 5 aromatic rings. The summed E-state index contributed by atoms with van der Waals surface area (Å²) in [5, 5.41) is 5.69. The third kappa shape index (κ3) is 6.02. The van der Waals surface area contributed by atoms with Crippen molar-refractivity contribution in [1.29, 1.82) is 0 Å². The second-order valence-electron chi connectivity index (χ2n) is 8.62. The molecule has 188 valence electrons. The van der Waals surface area contributed by atoms with Gasteiger partial charge in [-0.3, -0.25) is 0 Å². The molecule has 0 spiro atoms. The number of nitrogens with zero attached hydrogens (tertiary/aromatic N) is 1. The zero-order chi connectivity index (χ0) is 25.8. The van der Waals surface area contributed by atoms with Gasteiger partial charge >= 0.3 is 0 Å². The summed E-state index contributed by atoms with van der Waals surface area (Å²) >= 11 is 14.1. The summed E-state index contributed by atoms with van der Waals surface area (Å²) < 4.78 is 13.3. The number of anilines is 1. The molecule has 0 amide bonds. The van der Waals surface area contributed by atoms with E-state index in [0.29, 0.717) is 41.3 Å². The summed E-state index contributed by atoms with van der Waals surface area (Å²) in [5.74, 6) is 1.40. The first kappa shape index (κ1) is 25.4. The lowest BCUT2D eigenvalue weighted by atomic mass is 10.1. The van der Waals surface area contributed by atoms with E-state index in [-0.39, 0.29) is 0 Å². The molecule has 0 saturated heterocycles. The Morgan fingerprint density at radius 3 is 2.51 bits per heavy atom. The molecule has 0 atom stereocenters. The minimum Gasteiger partial charge on any atom is -0.490 e. The number of hydrogen-bond donors (Lipinski definition) is 1. The summed E-state index contributed by atoms with van der Waals surface area (Å²) in [6.45, 7) is 5.49. The Morgan fingerprint density at radius 1 is 0.892 bits per heavy atom. The fraction of sp³-hybridized carbons (Fsp3) is 0.167. The fourth-order valence-corrected chi connectivity index (χ4v) is 5.54. The van der Waals surface area contributed by atoms with Gasteiger partial charge in [0.15, 0.2) is 11.5 Å². The number of ether oxygens (including phenoxy) is 2. The van der Waals surface area contributed by atoms with Gasteiger partial charge in [-0.05, 0) is 74.0 Å². The highest BCUT2D eigenvalue weighted by Crippen LogP contribution is 2.34. The summed E-state index contributed by atoms with van der Waals surface area (Å²) in [6, 6.07) is 26.0. The minimum absolute atomic E-state index is 0.309. The summed E-state index contributed by atoms with van der Waals surface area (Å²) in [4.78, 5) is 4.79. The fourth-order valence-electron chi connectivity index (χ4n) is 4.01. The van der Waals surface area contributed by atoms with E-state index in [4.69, 9.17) is 37.7 Å². The first-order valence-electron chi connectivity index (χ1n) is 12.0. The molecule has 0 saturated carbocycles. The summed E-state index contributed by atoms with van der Waals surface area (Å²) in [7, 11) is 0. The molecule has 5 rings (SSSR count). The van der Waals surface area contributed by atoms with Crippen LogP contribution in [-0.4, -0.2) is 11.6 Å². The van der Waals surface area contributed by atoms with Crippen molar-refractivity contribution in [3.8, 4) is 22.1 Å². The van der Waals surface area contributed by atoms with Gasteiger partial charge in [0.25, 0.3) is 0 Å². The van der Waals surface area contributed by atoms with Crippen LogP contribution in [0.3, 0.4) is 0 Å². The quantitative estimate of drug-likeness (QED) is 0.199. The van der Waals surface area contributed by atoms with Crippen LogP contribution in [-0.2, 0) is 13.2 Å². The number of benzene rings is 4. The smallest absolute Gasteiger partial charge is 0.166 e. The number of thiazole rings is 1. The Morgan fingerprint density at radius 2 is 1.73 bits per heavy atom. The molecule has 0 unspecified atom stereocenters. The van der Waals surface area contributed by atoms with E-state index in [0.717, 1.165) is 32.9 Å². The Balaban J connectivity index is 1.31. The van der Waals surface area contributed by atoms with Gasteiger partial charge in [0.1, 0.15) is 11.6 Å². The third-order valence-corrected chi connectivity index (χ3v) is 7.56. The van der Waals surface area contributed by atoms with E-state index in [9.17, 15) is 0 Å². The van der Waals surface area contributed by atoms with Crippen LogP contribution < -0.4 is 14.8 Å².